The van der Waals surface area contributed by atoms with E-state index < -0.39 is 25.9 Å². The van der Waals surface area contributed by atoms with Crippen molar-refractivity contribution in [2.45, 2.75) is 25.7 Å². The van der Waals surface area contributed by atoms with Crippen molar-refractivity contribution in [3.8, 4) is 0 Å². The molecule has 0 aromatic heterocycles. The molecule has 8 nitrogen and oxygen atoms in total. The van der Waals surface area contributed by atoms with Gasteiger partial charge in [0.1, 0.15) is 0 Å². The maximum absolute atomic E-state index is 8.25. The van der Waals surface area contributed by atoms with E-state index in [9.17, 15) is 0 Å². The average molecular weight is 327 g/mol. The van der Waals surface area contributed by atoms with Crippen LogP contribution in [0.4, 0.5) is 0 Å². The van der Waals surface area contributed by atoms with Gasteiger partial charge in [0.05, 0.1) is 0 Å². The Morgan fingerprint density at radius 3 is 0.588 bits per heavy atom. The number of carbonyl (C=O) groups is 4. The van der Waals surface area contributed by atoms with Gasteiger partial charge in [-0.15, -0.1) is 0 Å². The van der Waals surface area contributed by atoms with Crippen LogP contribution in [0.5, 0.6) is 0 Å². The summed E-state index contributed by atoms with van der Waals surface area (Å²) in [5.74, 6) is 0. The summed E-state index contributed by atoms with van der Waals surface area (Å²) >= 11 is 0. The number of carboxylic acid groups (broad SMARTS) is 4. The SMILES string of the molecule is C1CCC1.O=C[O-].O=C[O-].O=C[O-].O=C[O-].[Zr+4]. The molecule has 1 aliphatic carbocycles. The molecule has 0 bridgehead atoms. The minimum Gasteiger partial charge on any atom is -0.554 e. The second-order valence-electron chi connectivity index (χ2n) is 1.80. The van der Waals surface area contributed by atoms with E-state index in [2.05, 4.69) is 0 Å². The van der Waals surface area contributed by atoms with Gasteiger partial charge in [-0.3, -0.25) is 0 Å². The molecule has 0 atom stereocenters. The monoisotopic (exact) mass is 326 g/mol. The first-order valence-electron chi connectivity index (χ1n) is 3.89. The standard InChI is InChI=1S/C4H8.4CH2O2.Zr/c1-2-4-3-1;4*2-1-3;/h1-4H2;4*1H,(H,2,3);/q;;;;;+4/p-4. The summed E-state index contributed by atoms with van der Waals surface area (Å²) in [6.45, 7) is -2.00. The Balaban J connectivity index is -0.0000000352. The van der Waals surface area contributed by atoms with Gasteiger partial charge in [-0.05, 0) is 0 Å². The van der Waals surface area contributed by atoms with Crippen LogP contribution in [0.1, 0.15) is 25.7 Å². The molecule has 0 radical (unpaired) electrons. The van der Waals surface area contributed by atoms with Crippen molar-refractivity contribution < 1.29 is 65.8 Å². The Bertz CT molecular complexity index is 109. The van der Waals surface area contributed by atoms with E-state index in [0.717, 1.165) is 0 Å². The van der Waals surface area contributed by atoms with Crippen LogP contribution in [0.25, 0.3) is 0 Å². The molecule has 17 heavy (non-hydrogen) atoms. The Morgan fingerprint density at radius 2 is 0.588 bits per heavy atom. The summed E-state index contributed by atoms with van der Waals surface area (Å²) < 4.78 is 0. The average Bonchev–Trinajstić information content (AvgIpc) is 2.04. The molecule has 96 valence electrons. The first-order chi connectivity index (χ1) is 7.66. The van der Waals surface area contributed by atoms with Crippen LogP contribution < -0.4 is 20.4 Å². The zero-order valence-electron chi connectivity index (χ0n) is 8.90. The van der Waals surface area contributed by atoms with Crippen LogP contribution in [0.15, 0.2) is 0 Å². The normalized spacial score (nSPS) is 8.47. The molecule has 0 saturated heterocycles. The van der Waals surface area contributed by atoms with Crippen molar-refractivity contribution in [3.63, 3.8) is 0 Å². The molecule has 9 heteroatoms. The zero-order chi connectivity index (χ0) is 13.7. The molecule has 0 aromatic carbocycles. The van der Waals surface area contributed by atoms with Gasteiger partial charge in [-0.2, -0.15) is 0 Å². The molecule has 0 aliphatic heterocycles. The van der Waals surface area contributed by atoms with Crippen molar-refractivity contribution in [1.29, 1.82) is 0 Å². The Morgan fingerprint density at radius 1 is 0.529 bits per heavy atom. The van der Waals surface area contributed by atoms with Crippen LogP contribution in [0, 0.1) is 0 Å². The number of hydrogen-bond acceptors (Lipinski definition) is 8. The van der Waals surface area contributed by atoms with E-state index in [1.807, 2.05) is 0 Å². The third kappa shape index (κ3) is 315. The molecular weight excluding hydrogens is 315 g/mol. The van der Waals surface area contributed by atoms with E-state index in [4.69, 9.17) is 39.6 Å². The van der Waals surface area contributed by atoms with Crippen molar-refractivity contribution in [1.82, 2.24) is 0 Å². The molecule has 0 N–H and O–H groups in total. The van der Waals surface area contributed by atoms with Gasteiger partial charge in [0.15, 0.2) is 0 Å². The maximum atomic E-state index is 8.25. The van der Waals surface area contributed by atoms with Gasteiger partial charge in [0, 0.05) is 25.9 Å². The third-order valence-corrected chi connectivity index (χ3v) is 1.000. The van der Waals surface area contributed by atoms with Gasteiger partial charge in [0.2, 0.25) is 0 Å². The molecule has 0 spiro atoms. The van der Waals surface area contributed by atoms with Crippen molar-refractivity contribution in [2.75, 3.05) is 0 Å². The largest absolute Gasteiger partial charge is 4.00 e. The first kappa shape index (κ1) is 29.7. The minimum absolute atomic E-state index is 0. The Labute approximate surface area is 117 Å². The molecule has 1 aliphatic rings. The molecule has 1 fully saturated rings. The van der Waals surface area contributed by atoms with E-state index in [0.29, 0.717) is 0 Å². The summed E-state index contributed by atoms with van der Waals surface area (Å²) in [6.07, 6.45) is 6.00. The molecule has 0 unspecified atom stereocenters. The van der Waals surface area contributed by atoms with E-state index >= 15 is 0 Å². The van der Waals surface area contributed by atoms with E-state index in [1.165, 1.54) is 25.7 Å². The second kappa shape index (κ2) is 61.1. The van der Waals surface area contributed by atoms with Crippen molar-refractivity contribution >= 4 is 25.9 Å². The zero-order valence-corrected chi connectivity index (χ0v) is 11.4. The van der Waals surface area contributed by atoms with Crippen LogP contribution in [-0.2, 0) is 45.4 Å². The molecule has 0 aromatic rings. The van der Waals surface area contributed by atoms with Gasteiger partial charge in [-0.1, -0.05) is 25.7 Å². The van der Waals surface area contributed by atoms with Crippen LogP contribution >= 0.6 is 0 Å². The van der Waals surface area contributed by atoms with Crippen LogP contribution in [0.3, 0.4) is 0 Å². The van der Waals surface area contributed by atoms with E-state index in [1.54, 1.807) is 0 Å². The fraction of sp³-hybridized carbons (Fsp3) is 0.500. The predicted octanol–water partition coefficient (Wildman–Crippen LogP) is -4.98. The van der Waals surface area contributed by atoms with Gasteiger partial charge in [0.25, 0.3) is 0 Å². The molecule has 1 rings (SSSR count). The molecule has 1 saturated carbocycles. The second-order valence-corrected chi connectivity index (χ2v) is 1.80. The van der Waals surface area contributed by atoms with Crippen molar-refractivity contribution in [3.05, 3.63) is 0 Å². The first-order valence-corrected chi connectivity index (χ1v) is 3.89. The maximum Gasteiger partial charge on any atom is 4.00 e. The van der Waals surface area contributed by atoms with Gasteiger partial charge < -0.3 is 39.6 Å². The summed E-state index contributed by atoms with van der Waals surface area (Å²) in [4.78, 5) is 33.0. The third-order valence-electron chi connectivity index (χ3n) is 1.000. The summed E-state index contributed by atoms with van der Waals surface area (Å²) in [5.41, 5.74) is 0. The number of carbonyl (C=O) groups excluding carboxylic acids is 4. The molecule has 0 amide bonds. The van der Waals surface area contributed by atoms with E-state index in [-0.39, 0.29) is 26.2 Å². The topological polar surface area (TPSA) is 161 Å². The van der Waals surface area contributed by atoms with Crippen LogP contribution in [-0.4, -0.2) is 25.9 Å². The van der Waals surface area contributed by atoms with Crippen LogP contribution in [0.2, 0.25) is 0 Å². The number of hydrogen-bond donors (Lipinski definition) is 0. The minimum atomic E-state index is -0.500. The van der Waals surface area contributed by atoms with Gasteiger partial charge in [-0.25, -0.2) is 0 Å². The predicted molar refractivity (Wildman–Crippen MR) is 42.7 cm³/mol. The molecular formula is C8H12O8Zr. The summed E-state index contributed by atoms with van der Waals surface area (Å²) in [5, 5.41) is 33.0. The summed E-state index contributed by atoms with van der Waals surface area (Å²) in [6, 6.07) is 0. The van der Waals surface area contributed by atoms with Gasteiger partial charge >= 0.3 is 26.2 Å². The fourth-order valence-electron chi connectivity index (χ4n) is 0.250. The van der Waals surface area contributed by atoms with Crippen molar-refractivity contribution in [2.24, 2.45) is 0 Å². The molecule has 0 heterocycles. The number of rotatable bonds is 0. The quantitative estimate of drug-likeness (QED) is 0.400. The Kier molecular flexibility index (Phi) is 107. The smallest absolute Gasteiger partial charge is 0.554 e. The summed E-state index contributed by atoms with van der Waals surface area (Å²) in [7, 11) is 0. The Hall–Kier alpha value is -1.24. The fourth-order valence-corrected chi connectivity index (χ4v) is 0.250.